The third-order valence-electron chi connectivity index (χ3n) is 3.87. The van der Waals surface area contributed by atoms with E-state index in [2.05, 4.69) is 5.32 Å². The highest BCUT2D eigenvalue weighted by atomic mass is 35.5. The maximum Gasteiger partial charge on any atom is 0.258 e. The number of primary amides is 1. The van der Waals surface area contributed by atoms with Crippen molar-refractivity contribution >= 4 is 23.4 Å². The van der Waals surface area contributed by atoms with E-state index < -0.39 is 5.91 Å². The van der Waals surface area contributed by atoms with E-state index in [9.17, 15) is 9.59 Å². The fourth-order valence-corrected chi connectivity index (χ4v) is 2.87. The molecular formula is C18H17ClN2O4. The zero-order valence-corrected chi connectivity index (χ0v) is 14.1. The van der Waals surface area contributed by atoms with Crippen LogP contribution in [0.4, 0.5) is 0 Å². The van der Waals surface area contributed by atoms with Crippen molar-refractivity contribution in [3.8, 4) is 11.5 Å². The molecule has 1 aliphatic heterocycles. The summed E-state index contributed by atoms with van der Waals surface area (Å²) >= 11 is 6.12. The van der Waals surface area contributed by atoms with Gasteiger partial charge in [0.05, 0.1) is 17.7 Å². The minimum Gasteiger partial charge on any atom is -0.492 e. The molecule has 0 saturated heterocycles. The Kier molecular flexibility index (Phi) is 5.09. The fourth-order valence-electron chi connectivity index (χ4n) is 2.64. The molecular weight excluding hydrogens is 344 g/mol. The minimum absolute atomic E-state index is 0.136. The van der Waals surface area contributed by atoms with E-state index in [1.165, 1.54) is 0 Å². The first-order valence-corrected chi connectivity index (χ1v) is 8.15. The van der Waals surface area contributed by atoms with Crippen LogP contribution in [0.1, 0.15) is 28.4 Å². The summed E-state index contributed by atoms with van der Waals surface area (Å²) in [5.74, 6) is 0.331. The molecule has 6 nitrogen and oxygen atoms in total. The standard InChI is InChI=1S/C18H17ClN2O4/c19-14-3-1-2-13-15(8-9-24-17(13)14)21-16(22)10-25-12-6-4-11(5-7-12)18(20)23/h1-7,15H,8-10H2,(H2,20,23)(H,21,22)/t15-/m0/s1. The van der Waals surface area contributed by atoms with Crippen molar-refractivity contribution in [3.63, 3.8) is 0 Å². The van der Waals surface area contributed by atoms with Gasteiger partial charge >= 0.3 is 0 Å². The number of carbonyl (C=O) groups excluding carboxylic acids is 2. The predicted molar refractivity (Wildman–Crippen MR) is 92.9 cm³/mol. The highest BCUT2D eigenvalue weighted by Crippen LogP contribution is 2.37. The quantitative estimate of drug-likeness (QED) is 0.856. The van der Waals surface area contributed by atoms with Crippen molar-refractivity contribution in [1.82, 2.24) is 5.32 Å². The minimum atomic E-state index is -0.513. The summed E-state index contributed by atoms with van der Waals surface area (Å²) in [6, 6.07) is 11.6. The number of nitrogens with two attached hydrogens (primary N) is 1. The molecule has 3 N–H and O–H groups in total. The van der Waals surface area contributed by atoms with Crippen LogP contribution in [0.5, 0.6) is 11.5 Å². The van der Waals surface area contributed by atoms with Crippen LogP contribution in [0.25, 0.3) is 0 Å². The van der Waals surface area contributed by atoms with Gasteiger partial charge in [0.25, 0.3) is 5.91 Å². The highest BCUT2D eigenvalue weighted by molar-refractivity contribution is 6.32. The summed E-state index contributed by atoms with van der Waals surface area (Å²) in [6.45, 7) is 0.348. The van der Waals surface area contributed by atoms with E-state index in [0.717, 1.165) is 5.56 Å². The van der Waals surface area contributed by atoms with Gasteiger partial charge in [0.2, 0.25) is 5.91 Å². The molecule has 0 saturated carbocycles. The van der Waals surface area contributed by atoms with Crippen LogP contribution >= 0.6 is 11.6 Å². The molecule has 0 aliphatic carbocycles. The maximum atomic E-state index is 12.2. The molecule has 0 radical (unpaired) electrons. The molecule has 0 bridgehead atoms. The number of amides is 2. The molecule has 0 fully saturated rings. The second-order valence-corrected chi connectivity index (χ2v) is 6.00. The van der Waals surface area contributed by atoms with Gasteiger partial charge in [-0.2, -0.15) is 0 Å². The molecule has 7 heteroatoms. The highest BCUT2D eigenvalue weighted by Gasteiger charge is 2.24. The van der Waals surface area contributed by atoms with Crippen molar-refractivity contribution in [1.29, 1.82) is 0 Å². The van der Waals surface area contributed by atoms with Crippen LogP contribution < -0.4 is 20.5 Å². The van der Waals surface area contributed by atoms with E-state index >= 15 is 0 Å². The Morgan fingerprint density at radius 1 is 1.24 bits per heavy atom. The van der Waals surface area contributed by atoms with Crippen LogP contribution in [0.2, 0.25) is 5.02 Å². The molecule has 0 aromatic heterocycles. The van der Waals surface area contributed by atoms with E-state index in [4.69, 9.17) is 26.8 Å². The van der Waals surface area contributed by atoms with E-state index in [-0.39, 0.29) is 18.6 Å². The fraction of sp³-hybridized carbons (Fsp3) is 0.222. The average molecular weight is 361 g/mol. The average Bonchev–Trinajstić information content (AvgIpc) is 2.61. The topological polar surface area (TPSA) is 90.7 Å². The molecule has 2 amide bonds. The van der Waals surface area contributed by atoms with E-state index in [0.29, 0.717) is 35.1 Å². The lowest BCUT2D eigenvalue weighted by atomic mass is 10.0. The van der Waals surface area contributed by atoms with Gasteiger partial charge in [-0.15, -0.1) is 0 Å². The molecule has 1 aliphatic rings. The van der Waals surface area contributed by atoms with Crippen molar-refractivity contribution in [2.45, 2.75) is 12.5 Å². The summed E-state index contributed by atoms with van der Waals surface area (Å²) < 4.78 is 11.0. The third kappa shape index (κ3) is 4.03. The maximum absolute atomic E-state index is 12.2. The van der Waals surface area contributed by atoms with E-state index in [1.54, 1.807) is 30.3 Å². The Morgan fingerprint density at radius 3 is 2.72 bits per heavy atom. The van der Waals surface area contributed by atoms with Crippen molar-refractivity contribution in [2.75, 3.05) is 13.2 Å². The zero-order valence-electron chi connectivity index (χ0n) is 13.3. The van der Waals surface area contributed by atoms with Crippen molar-refractivity contribution in [3.05, 3.63) is 58.6 Å². The number of nitrogens with one attached hydrogen (secondary N) is 1. The van der Waals surface area contributed by atoms with Gasteiger partial charge in [-0.3, -0.25) is 9.59 Å². The number of rotatable bonds is 5. The van der Waals surface area contributed by atoms with Crippen LogP contribution in [-0.2, 0) is 4.79 Å². The molecule has 2 aromatic carbocycles. The van der Waals surface area contributed by atoms with Gasteiger partial charge < -0.3 is 20.5 Å². The normalized spacial score (nSPS) is 15.6. The smallest absolute Gasteiger partial charge is 0.258 e. The molecule has 25 heavy (non-hydrogen) atoms. The van der Waals surface area contributed by atoms with E-state index in [1.807, 2.05) is 12.1 Å². The molecule has 130 valence electrons. The van der Waals surface area contributed by atoms with Gasteiger partial charge in [0.1, 0.15) is 11.5 Å². The van der Waals surface area contributed by atoms with Gasteiger partial charge in [0, 0.05) is 17.5 Å². The van der Waals surface area contributed by atoms with Gasteiger partial charge in [-0.25, -0.2) is 0 Å². The first-order chi connectivity index (χ1) is 12.0. The van der Waals surface area contributed by atoms with Crippen LogP contribution in [0, 0.1) is 0 Å². The number of hydrogen-bond donors (Lipinski definition) is 2. The second kappa shape index (κ2) is 7.44. The van der Waals surface area contributed by atoms with Crippen molar-refractivity contribution in [2.24, 2.45) is 5.73 Å². The molecule has 0 unspecified atom stereocenters. The molecule has 1 atom stereocenters. The number of fused-ring (bicyclic) bond motifs is 1. The Hall–Kier alpha value is -2.73. The Balaban J connectivity index is 1.59. The Labute approximate surface area is 149 Å². The lowest BCUT2D eigenvalue weighted by molar-refractivity contribution is -0.124. The van der Waals surface area contributed by atoms with Gasteiger partial charge in [-0.1, -0.05) is 23.7 Å². The summed E-state index contributed by atoms with van der Waals surface area (Å²) in [7, 11) is 0. The SMILES string of the molecule is NC(=O)c1ccc(OCC(=O)N[C@H]2CCOc3c(Cl)cccc32)cc1. The van der Waals surface area contributed by atoms with Crippen LogP contribution in [0.3, 0.4) is 0 Å². The Morgan fingerprint density at radius 2 is 2.00 bits per heavy atom. The predicted octanol–water partition coefficient (Wildman–Crippen LogP) is 2.46. The van der Waals surface area contributed by atoms with Crippen LogP contribution in [-0.4, -0.2) is 25.0 Å². The molecule has 2 aromatic rings. The molecule has 0 spiro atoms. The van der Waals surface area contributed by atoms with Crippen LogP contribution in [0.15, 0.2) is 42.5 Å². The Bertz CT molecular complexity index is 792. The summed E-state index contributed by atoms with van der Waals surface area (Å²) in [6.07, 6.45) is 0.659. The number of benzene rings is 2. The lowest BCUT2D eigenvalue weighted by Crippen LogP contribution is -2.35. The number of hydrogen-bond acceptors (Lipinski definition) is 4. The third-order valence-corrected chi connectivity index (χ3v) is 4.17. The molecule has 1 heterocycles. The monoisotopic (exact) mass is 360 g/mol. The first-order valence-electron chi connectivity index (χ1n) is 7.78. The zero-order chi connectivity index (χ0) is 17.8. The number of para-hydroxylation sites is 1. The van der Waals surface area contributed by atoms with Gasteiger partial charge in [0.15, 0.2) is 6.61 Å². The second-order valence-electron chi connectivity index (χ2n) is 5.59. The first kappa shape index (κ1) is 17.1. The molecule has 3 rings (SSSR count). The van der Waals surface area contributed by atoms with Gasteiger partial charge in [-0.05, 0) is 30.3 Å². The number of halogens is 1. The summed E-state index contributed by atoms with van der Waals surface area (Å²) in [5, 5.41) is 3.46. The summed E-state index contributed by atoms with van der Waals surface area (Å²) in [4.78, 5) is 23.2. The largest absolute Gasteiger partial charge is 0.492 e. The number of carbonyl (C=O) groups is 2. The van der Waals surface area contributed by atoms with Crippen molar-refractivity contribution < 1.29 is 19.1 Å². The summed E-state index contributed by atoms with van der Waals surface area (Å²) in [5.41, 5.74) is 6.42. The lowest BCUT2D eigenvalue weighted by Gasteiger charge is -2.27. The number of ether oxygens (including phenoxy) is 2.